The van der Waals surface area contributed by atoms with E-state index in [0.29, 0.717) is 24.5 Å². The Balaban J connectivity index is 1.40. The minimum absolute atomic E-state index is 0.0474. The predicted octanol–water partition coefficient (Wildman–Crippen LogP) is 2.91. The fourth-order valence-electron chi connectivity index (χ4n) is 2.03. The summed E-state index contributed by atoms with van der Waals surface area (Å²) in [5.41, 5.74) is 0. The van der Waals surface area contributed by atoms with E-state index in [1.807, 2.05) is 6.92 Å². The summed E-state index contributed by atoms with van der Waals surface area (Å²) in [6.45, 7) is 2.61. The van der Waals surface area contributed by atoms with Crippen LogP contribution in [-0.4, -0.2) is 23.3 Å². The topological polar surface area (TPSA) is 71.1 Å². The van der Waals surface area contributed by atoms with Crippen LogP contribution >= 0.6 is 22.7 Å². The molecule has 3 rings (SSSR count). The summed E-state index contributed by atoms with van der Waals surface area (Å²) in [4.78, 5) is 29.8. The lowest BCUT2D eigenvalue weighted by Crippen LogP contribution is -2.26. The van der Waals surface area contributed by atoms with Crippen LogP contribution < -0.4 is 10.6 Å². The molecule has 0 aromatic carbocycles. The van der Waals surface area contributed by atoms with Gasteiger partial charge >= 0.3 is 0 Å². The number of aromatic nitrogens is 1. The second-order valence-corrected chi connectivity index (χ2v) is 7.53. The molecule has 1 aliphatic carbocycles. The van der Waals surface area contributed by atoms with E-state index in [1.165, 1.54) is 16.2 Å². The normalized spacial score (nSPS) is 14.3. The van der Waals surface area contributed by atoms with Crippen LogP contribution in [0.4, 0.5) is 5.13 Å². The van der Waals surface area contributed by atoms with Crippen molar-refractivity contribution in [1.29, 1.82) is 0 Å². The number of fused-ring (bicyclic) bond motifs is 1. The minimum atomic E-state index is -0.0474. The lowest BCUT2D eigenvalue weighted by molar-refractivity contribution is -0.122. The number of carbonyl (C=O) groups excluding carboxylic acids is 2. The Bertz CT molecular complexity index is 641. The van der Waals surface area contributed by atoms with Crippen molar-refractivity contribution in [1.82, 2.24) is 10.3 Å². The van der Waals surface area contributed by atoms with Gasteiger partial charge in [-0.25, -0.2) is 4.98 Å². The van der Waals surface area contributed by atoms with Gasteiger partial charge in [-0.15, -0.1) is 11.3 Å². The molecule has 7 heteroatoms. The van der Waals surface area contributed by atoms with Crippen LogP contribution in [0.1, 0.15) is 30.6 Å². The number of nitrogens with zero attached hydrogens (tertiary/aromatic N) is 1. The first-order valence-electron chi connectivity index (χ1n) is 7.06. The zero-order valence-electron chi connectivity index (χ0n) is 11.8. The van der Waals surface area contributed by atoms with Gasteiger partial charge in [-0.05, 0) is 32.3 Å². The Labute approximate surface area is 130 Å². The van der Waals surface area contributed by atoms with E-state index < -0.39 is 0 Å². The molecule has 0 saturated heterocycles. The monoisotopic (exact) mass is 323 g/mol. The molecule has 2 N–H and O–H groups in total. The van der Waals surface area contributed by atoms with Crippen LogP contribution in [0, 0.1) is 12.8 Å². The maximum Gasteiger partial charge on any atom is 0.226 e. The van der Waals surface area contributed by atoms with Crippen molar-refractivity contribution in [2.45, 2.75) is 32.6 Å². The van der Waals surface area contributed by atoms with Crippen molar-refractivity contribution in [3.8, 4) is 0 Å². The van der Waals surface area contributed by atoms with Crippen LogP contribution in [0.5, 0.6) is 0 Å². The number of hydrogen-bond donors (Lipinski definition) is 2. The third-order valence-electron chi connectivity index (χ3n) is 3.29. The van der Waals surface area contributed by atoms with E-state index in [-0.39, 0.29) is 17.7 Å². The second-order valence-electron chi connectivity index (χ2n) is 5.26. The molecule has 2 aromatic heterocycles. The van der Waals surface area contributed by atoms with E-state index in [0.717, 1.165) is 22.4 Å². The van der Waals surface area contributed by atoms with E-state index in [1.54, 1.807) is 11.3 Å². The van der Waals surface area contributed by atoms with Gasteiger partial charge in [0, 0.05) is 23.8 Å². The summed E-state index contributed by atoms with van der Waals surface area (Å²) in [7, 11) is 0. The van der Waals surface area contributed by atoms with Gasteiger partial charge in [0.05, 0.1) is 4.70 Å². The van der Waals surface area contributed by atoms with Gasteiger partial charge < -0.3 is 10.6 Å². The molecule has 2 aromatic rings. The molecular formula is C14H17N3O2S2. The molecule has 0 bridgehead atoms. The maximum absolute atomic E-state index is 11.8. The zero-order chi connectivity index (χ0) is 14.8. The van der Waals surface area contributed by atoms with Crippen LogP contribution in [0.25, 0.3) is 9.53 Å². The number of aryl methyl sites for hydroxylation is 1. The number of carbonyl (C=O) groups is 2. The highest BCUT2D eigenvalue weighted by molar-refractivity contribution is 7.29. The summed E-state index contributed by atoms with van der Waals surface area (Å²) in [5.74, 6) is 0.310. The molecule has 0 spiro atoms. The Morgan fingerprint density at radius 2 is 2.19 bits per heavy atom. The quantitative estimate of drug-likeness (QED) is 0.803. The van der Waals surface area contributed by atoms with Crippen molar-refractivity contribution in [3.63, 3.8) is 0 Å². The molecule has 0 aliphatic heterocycles. The third kappa shape index (κ3) is 3.79. The molecule has 1 fully saturated rings. The highest BCUT2D eigenvalue weighted by Gasteiger charge is 2.28. The molecule has 1 saturated carbocycles. The molecule has 1 aliphatic rings. The fraction of sp³-hybridized carbons (Fsp3) is 0.500. The van der Waals surface area contributed by atoms with E-state index >= 15 is 0 Å². The molecule has 0 unspecified atom stereocenters. The van der Waals surface area contributed by atoms with E-state index in [2.05, 4.69) is 21.7 Å². The summed E-state index contributed by atoms with van der Waals surface area (Å²) >= 11 is 3.13. The summed E-state index contributed by atoms with van der Waals surface area (Å²) in [6, 6.07) is 2.08. The number of anilines is 1. The SMILES string of the molecule is Cc1cc2sc(NC(=O)CCCNC(=O)C3CC3)nc2s1. The molecule has 0 radical (unpaired) electrons. The zero-order valence-corrected chi connectivity index (χ0v) is 13.4. The smallest absolute Gasteiger partial charge is 0.226 e. The third-order valence-corrected chi connectivity index (χ3v) is 5.28. The maximum atomic E-state index is 11.8. The van der Waals surface area contributed by atoms with Crippen molar-refractivity contribution < 1.29 is 9.59 Å². The minimum Gasteiger partial charge on any atom is -0.356 e. The second kappa shape index (κ2) is 6.11. The Morgan fingerprint density at radius 1 is 1.38 bits per heavy atom. The highest BCUT2D eigenvalue weighted by Crippen LogP contribution is 2.32. The molecule has 112 valence electrons. The first-order valence-corrected chi connectivity index (χ1v) is 8.69. The number of thiazole rings is 1. The van der Waals surface area contributed by atoms with Gasteiger partial charge in [0.15, 0.2) is 5.13 Å². The fourth-order valence-corrected chi connectivity index (χ4v) is 4.07. The van der Waals surface area contributed by atoms with Gasteiger partial charge in [-0.1, -0.05) is 11.3 Å². The van der Waals surface area contributed by atoms with Crippen molar-refractivity contribution in [3.05, 3.63) is 10.9 Å². The van der Waals surface area contributed by atoms with Crippen LogP contribution in [0.2, 0.25) is 0 Å². The number of thiophene rings is 1. The Morgan fingerprint density at radius 3 is 2.90 bits per heavy atom. The van der Waals surface area contributed by atoms with Gasteiger partial charge in [0.1, 0.15) is 4.83 Å². The summed E-state index contributed by atoms with van der Waals surface area (Å²) < 4.78 is 1.12. The van der Waals surface area contributed by atoms with Gasteiger partial charge in [-0.3, -0.25) is 9.59 Å². The molecule has 21 heavy (non-hydrogen) atoms. The van der Waals surface area contributed by atoms with Crippen molar-refractivity contribution >= 4 is 49.1 Å². The number of nitrogens with one attached hydrogen (secondary N) is 2. The Kier molecular flexibility index (Phi) is 4.21. The average Bonchev–Trinajstić information content (AvgIpc) is 3.13. The van der Waals surface area contributed by atoms with Crippen molar-refractivity contribution in [2.24, 2.45) is 5.92 Å². The first kappa shape index (κ1) is 14.5. The number of rotatable bonds is 6. The number of amides is 2. The van der Waals surface area contributed by atoms with E-state index in [4.69, 9.17) is 0 Å². The lowest BCUT2D eigenvalue weighted by atomic mass is 10.3. The van der Waals surface area contributed by atoms with Gasteiger partial charge in [-0.2, -0.15) is 0 Å². The van der Waals surface area contributed by atoms with Crippen LogP contribution in [-0.2, 0) is 9.59 Å². The Hall–Kier alpha value is -1.47. The molecule has 2 amide bonds. The predicted molar refractivity (Wildman–Crippen MR) is 85.8 cm³/mol. The number of hydrogen-bond acceptors (Lipinski definition) is 5. The van der Waals surface area contributed by atoms with E-state index in [9.17, 15) is 9.59 Å². The van der Waals surface area contributed by atoms with Gasteiger partial charge in [0.2, 0.25) is 11.8 Å². The lowest BCUT2D eigenvalue weighted by Gasteiger charge is -2.04. The van der Waals surface area contributed by atoms with Crippen molar-refractivity contribution in [2.75, 3.05) is 11.9 Å². The standard InChI is InChI=1S/C14H17N3O2S2/c1-8-7-10-13(20-8)17-14(21-10)16-11(18)3-2-6-15-12(19)9-4-5-9/h7,9H,2-6H2,1H3,(H,15,19)(H,16,17,18). The van der Waals surface area contributed by atoms with Crippen LogP contribution in [0.3, 0.4) is 0 Å². The van der Waals surface area contributed by atoms with Crippen LogP contribution in [0.15, 0.2) is 6.07 Å². The molecule has 2 heterocycles. The molecule has 5 nitrogen and oxygen atoms in total. The molecule has 0 atom stereocenters. The van der Waals surface area contributed by atoms with Gasteiger partial charge in [0.25, 0.3) is 0 Å². The first-order chi connectivity index (χ1) is 10.1. The summed E-state index contributed by atoms with van der Waals surface area (Å²) in [5, 5.41) is 6.34. The summed E-state index contributed by atoms with van der Waals surface area (Å²) in [6.07, 6.45) is 3.07. The average molecular weight is 323 g/mol. The molecular weight excluding hydrogens is 306 g/mol. The largest absolute Gasteiger partial charge is 0.356 e. The highest BCUT2D eigenvalue weighted by atomic mass is 32.1.